The van der Waals surface area contributed by atoms with Crippen LogP contribution < -0.4 is 5.32 Å². The SMILES string of the molecule is COC(=O)c1cccc(CSCC(=O)Nc2ccc(C)cc2F)c1. The number of benzene rings is 2. The van der Waals surface area contributed by atoms with Crippen LogP contribution in [-0.2, 0) is 15.3 Å². The van der Waals surface area contributed by atoms with Gasteiger partial charge in [0, 0.05) is 5.75 Å². The average Bonchev–Trinajstić information content (AvgIpc) is 2.57. The summed E-state index contributed by atoms with van der Waals surface area (Å²) in [6, 6.07) is 11.7. The zero-order chi connectivity index (χ0) is 17.5. The van der Waals surface area contributed by atoms with Gasteiger partial charge in [-0.05, 0) is 42.3 Å². The predicted octanol–water partition coefficient (Wildman–Crippen LogP) is 3.79. The van der Waals surface area contributed by atoms with Crippen LogP contribution in [0.5, 0.6) is 0 Å². The van der Waals surface area contributed by atoms with E-state index in [1.807, 2.05) is 6.07 Å². The molecule has 0 saturated carbocycles. The minimum absolute atomic E-state index is 0.180. The Hall–Kier alpha value is -2.34. The summed E-state index contributed by atoms with van der Waals surface area (Å²) in [5.41, 5.74) is 2.36. The monoisotopic (exact) mass is 347 g/mol. The van der Waals surface area contributed by atoms with E-state index in [-0.39, 0.29) is 17.3 Å². The van der Waals surface area contributed by atoms with Gasteiger partial charge in [-0.2, -0.15) is 0 Å². The predicted molar refractivity (Wildman–Crippen MR) is 93.7 cm³/mol. The minimum atomic E-state index is -0.445. The molecule has 0 aliphatic carbocycles. The summed E-state index contributed by atoms with van der Waals surface area (Å²) in [7, 11) is 1.33. The van der Waals surface area contributed by atoms with E-state index in [9.17, 15) is 14.0 Å². The third kappa shape index (κ3) is 5.09. The number of anilines is 1. The fourth-order valence-corrected chi connectivity index (χ4v) is 2.85. The molecule has 0 atom stereocenters. The Bertz CT molecular complexity index is 749. The van der Waals surface area contributed by atoms with Gasteiger partial charge in [0.25, 0.3) is 0 Å². The summed E-state index contributed by atoms with van der Waals surface area (Å²) >= 11 is 1.38. The molecule has 2 rings (SSSR count). The number of thioether (sulfide) groups is 1. The van der Waals surface area contributed by atoms with Crippen LogP contribution in [0.1, 0.15) is 21.5 Å². The average molecular weight is 347 g/mol. The smallest absolute Gasteiger partial charge is 0.337 e. The minimum Gasteiger partial charge on any atom is -0.465 e. The van der Waals surface area contributed by atoms with Crippen LogP contribution >= 0.6 is 11.8 Å². The number of ether oxygens (including phenoxy) is 1. The number of hydrogen-bond donors (Lipinski definition) is 1. The van der Waals surface area contributed by atoms with Gasteiger partial charge in [-0.3, -0.25) is 4.79 Å². The molecule has 0 saturated heterocycles. The van der Waals surface area contributed by atoms with Crippen LogP contribution in [0.2, 0.25) is 0 Å². The van der Waals surface area contributed by atoms with Gasteiger partial charge in [-0.25, -0.2) is 9.18 Å². The van der Waals surface area contributed by atoms with E-state index >= 15 is 0 Å². The van der Waals surface area contributed by atoms with Crippen LogP contribution in [0.3, 0.4) is 0 Å². The van der Waals surface area contributed by atoms with Gasteiger partial charge in [0.1, 0.15) is 5.82 Å². The first-order chi connectivity index (χ1) is 11.5. The van der Waals surface area contributed by atoms with E-state index in [2.05, 4.69) is 10.1 Å². The van der Waals surface area contributed by atoms with Gasteiger partial charge < -0.3 is 10.1 Å². The molecule has 24 heavy (non-hydrogen) atoms. The second kappa shape index (κ2) is 8.49. The van der Waals surface area contributed by atoms with Gasteiger partial charge >= 0.3 is 5.97 Å². The number of rotatable bonds is 6. The Kier molecular flexibility index (Phi) is 6.37. The van der Waals surface area contributed by atoms with E-state index < -0.39 is 11.8 Å². The Morgan fingerprint density at radius 3 is 2.71 bits per heavy atom. The highest BCUT2D eigenvalue weighted by Gasteiger charge is 2.09. The Morgan fingerprint density at radius 2 is 2.00 bits per heavy atom. The molecule has 4 nitrogen and oxygen atoms in total. The van der Waals surface area contributed by atoms with Crippen LogP contribution in [0.15, 0.2) is 42.5 Å². The zero-order valence-electron chi connectivity index (χ0n) is 13.5. The van der Waals surface area contributed by atoms with Crippen LogP contribution in [0.4, 0.5) is 10.1 Å². The van der Waals surface area contributed by atoms with Crippen molar-refractivity contribution in [2.45, 2.75) is 12.7 Å². The molecule has 0 bridgehead atoms. The lowest BCUT2D eigenvalue weighted by Crippen LogP contribution is -2.15. The standard InChI is InChI=1S/C18H18FNO3S/c1-12-6-7-16(15(19)8-12)20-17(21)11-24-10-13-4-3-5-14(9-13)18(22)23-2/h3-9H,10-11H2,1-2H3,(H,20,21). The number of nitrogens with one attached hydrogen (secondary N) is 1. The van der Waals surface area contributed by atoms with E-state index in [4.69, 9.17) is 0 Å². The first-order valence-electron chi connectivity index (χ1n) is 7.30. The highest BCUT2D eigenvalue weighted by atomic mass is 32.2. The summed E-state index contributed by atoms with van der Waals surface area (Å²) in [6.45, 7) is 1.78. The maximum Gasteiger partial charge on any atom is 0.337 e. The van der Waals surface area contributed by atoms with Crippen LogP contribution in [0, 0.1) is 12.7 Å². The number of halogens is 1. The van der Waals surface area contributed by atoms with Gasteiger partial charge in [-0.15, -0.1) is 11.8 Å². The molecule has 0 heterocycles. The lowest BCUT2D eigenvalue weighted by molar-refractivity contribution is -0.113. The number of carbonyl (C=O) groups excluding carboxylic acids is 2. The number of esters is 1. The van der Waals surface area contributed by atoms with Crippen molar-refractivity contribution in [2.24, 2.45) is 0 Å². The molecule has 0 radical (unpaired) electrons. The first-order valence-corrected chi connectivity index (χ1v) is 8.46. The van der Waals surface area contributed by atoms with Crippen molar-refractivity contribution >= 4 is 29.3 Å². The first kappa shape index (κ1) is 18.0. The molecule has 0 fully saturated rings. The van der Waals surface area contributed by atoms with E-state index in [0.29, 0.717) is 11.3 Å². The van der Waals surface area contributed by atoms with E-state index in [0.717, 1.165) is 11.1 Å². The molecule has 1 N–H and O–H groups in total. The second-order valence-corrected chi connectivity index (χ2v) is 6.20. The van der Waals surface area contributed by atoms with Gasteiger partial charge in [0.2, 0.25) is 5.91 Å². The highest BCUT2D eigenvalue weighted by molar-refractivity contribution is 7.99. The summed E-state index contributed by atoms with van der Waals surface area (Å²) in [6.07, 6.45) is 0. The normalized spacial score (nSPS) is 10.3. The lowest BCUT2D eigenvalue weighted by Gasteiger charge is -2.07. The van der Waals surface area contributed by atoms with Crippen molar-refractivity contribution in [3.05, 3.63) is 65.0 Å². The second-order valence-electron chi connectivity index (χ2n) is 5.22. The van der Waals surface area contributed by atoms with Crippen LogP contribution in [-0.4, -0.2) is 24.7 Å². The summed E-state index contributed by atoms with van der Waals surface area (Å²) < 4.78 is 18.4. The molecule has 1 amide bonds. The Morgan fingerprint density at radius 1 is 1.21 bits per heavy atom. The molecule has 126 valence electrons. The highest BCUT2D eigenvalue weighted by Crippen LogP contribution is 2.17. The zero-order valence-corrected chi connectivity index (χ0v) is 14.3. The Labute approximate surface area is 144 Å². The number of hydrogen-bond acceptors (Lipinski definition) is 4. The van der Waals surface area contributed by atoms with Crippen molar-refractivity contribution < 1.29 is 18.7 Å². The quantitative estimate of drug-likeness (QED) is 0.808. The van der Waals surface area contributed by atoms with Crippen molar-refractivity contribution in [1.29, 1.82) is 0 Å². The lowest BCUT2D eigenvalue weighted by atomic mass is 10.1. The van der Waals surface area contributed by atoms with Crippen molar-refractivity contribution in [3.63, 3.8) is 0 Å². The molecule has 0 spiro atoms. The molecule has 0 aliphatic rings. The van der Waals surface area contributed by atoms with Crippen molar-refractivity contribution in [2.75, 3.05) is 18.2 Å². The van der Waals surface area contributed by atoms with Crippen LogP contribution in [0.25, 0.3) is 0 Å². The Balaban J connectivity index is 1.85. The molecule has 2 aromatic rings. The number of aryl methyl sites for hydroxylation is 1. The van der Waals surface area contributed by atoms with E-state index in [1.54, 1.807) is 37.3 Å². The maximum atomic E-state index is 13.7. The number of carbonyl (C=O) groups is 2. The molecule has 6 heteroatoms. The number of amides is 1. The maximum absolute atomic E-state index is 13.7. The number of methoxy groups -OCH3 is 1. The molecule has 0 unspecified atom stereocenters. The third-order valence-electron chi connectivity index (χ3n) is 3.25. The fraction of sp³-hybridized carbons (Fsp3) is 0.222. The third-order valence-corrected chi connectivity index (χ3v) is 4.25. The molecule has 0 aromatic heterocycles. The fourth-order valence-electron chi connectivity index (χ4n) is 2.08. The van der Waals surface area contributed by atoms with Crippen molar-refractivity contribution in [3.8, 4) is 0 Å². The van der Waals surface area contributed by atoms with E-state index in [1.165, 1.54) is 24.9 Å². The summed E-state index contributed by atoms with van der Waals surface area (Å²) in [5.74, 6) is -0.356. The summed E-state index contributed by atoms with van der Waals surface area (Å²) in [4.78, 5) is 23.4. The molecule has 0 aliphatic heterocycles. The summed E-state index contributed by atoms with van der Waals surface area (Å²) in [5, 5.41) is 2.55. The van der Waals surface area contributed by atoms with Crippen molar-refractivity contribution in [1.82, 2.24) is 0 Å². The topological polar surface area (TPSA) is 55.4 Å². The molecular weight excluding hydrogens is 329 g/mol. The van der Waals surface area contributed by atoms with Gasteiger partial charge in [-0.1, -0.05) is 18.2 Å². The molecule has 2 aromatic carbocycles. The van der Waals surface area contributed by atoms with Gasteiger partial charge in [0.15, 0.2) is 0 Å². The molecular formula is C18H18FNO3S. The largest absolute Gasteiger partial charge is 0.465 e. The van der Waals surface area contributed by atoms with Gasteiger partial charge in [0.05, 0.1) is 24.1 Å².